The molecule has 0 saturated heterocycles. The Labute approximate surface area is 85.6 Å². The highest BCUT2D eigenvalue weighted by Gasteiger charge is 1.98. The van der Waals surface area contributed by atoms with E-state index in [2.05, 4.69) is 18.8 Å². The second-order valence-electron chi connectivity index (χ2n) is 3.28. The minimum atomic E-state index is 0.375. The Hall–Kier alpha value is -1.31. The Bertz CT molecular complexity index is 307. The second-order valence-corrected chi connectivity index (χ2v) is 3.28. The first kappa shape index (κ1) is 10.8. The number of nitrogens with zero attached hydrogens (tertiary/aromatic N) is 1. The van der Waals surface area contributed by atoms with Gasteiger partial charge in [-0.05, 0) is 25.5 Å². The molecule has 14 heavy (non-hydrogen) atoms. The third-order valence-electron chi connectivity index (χ3n) is 2.20. The lowest BCUT2D eigenvalue weighted by Gasteiger charge is -2.04. The van der Waals surface area contributed by atoms with Crippen molar-refractivity contribution in [3.8, 4) is 5.75 Å². The van der Waals surface area contributed by atoms with Crippen LogP contribution in [-0.4, -0.2) is 19.4 Å². The van der Waals surface area contributed by atoms with Gasteiger partial charge in [-0.3, -0.25) is 4.99 Å². The fourth-order valence-corrected chi connectivity index (χ4v) is 1.09. The van der Waals surface area contributed by atoms with Crippen molar-refractivity contribution in [2.75, 3.05) is 7.11 Å². The van der Waals surface area contributed by atoms with Crippen molar-refractivity contribution in [2.24, 2.45) is 4.99 Å². The highest BCUT2D eigenvalue weighted by molar-refractivity contribution is 5.83. The Morgan fingerprint density at radius 3 is 2.79 bits per heavy atom. The average Bonchev–Trinajstić information content (AvgIpc) is 2.26. The first-order valence-electron chi connectivity index (χ1n) is 4.94. The van der Waals surface area contributed by atoms with Gasteiger partial charge in [-0.2, -0.15) is 0 Å². The summed E-state index contributed by atoms with van der Waals surface area (Å²) in [5, 5.41) is 0. The summed E-state index contributed by atoms with van der Waals surface area (Å²) in [6.07, 6.45) is 2.94. The molecule has 0 amide bonds. The highest BCUT2D eigenvalue weighted by Crippen LogP contribution is 2.15. The normalized spacial score (nSPS) is 13.1. The topological polar surface area (TPSA) is 21.6 Å². The van der Waals surface area contributed by atoms with E-state index in [1.54, 1.807) is 7.11 Å². The van der Waals surface area contributed by atoms with Crippen LogP contribution >= 0.6 is 0 Å². The predicted molar refractivity (Wildman–Crippen MR) is 60.3 cm³/mol. The van der Waals surface area contributed by atoms with Crippen molar-refractivity contribution in [3.63, 3.8) is 0 Å². The first-order chi connectivity index (χ1) is 6.77. The lowest BCUT2D eigenvalue weighted by molar-refractivity contribution is 0.414. The van der Waals surface area contributed by atoms with E-state index in [-0.39, 0.29) is 0 Å². The molecular weight excluding hydrogens is 174 g/mol. The predicted octanol–water partition coefficient (Wildman–Crippen LogP) is 2.91. The number of para-hydroxylation sites is 1. The summed E-state index contributed by atoms with van der Waals surface area (Å²) < 4.78 is 5.22. The van der Waals surface area contributed by atoms with Crippen molar-refractivity contribution in [1.29, 1.82) is 0 Å². The molecule has 0 aliphatic carbocycles. The average molecular weight is 191 g/mol. The first-order valence-corrected chi connectivity index (χ1v) is 4.94. The molecule has 0 fully saturated rings. The van der Waals surface area contributed by atoms with Crippen molar-refractivity contribution >= 4 is 6.21 Å². The second kappa shape index (κ2) is 5.43. The Morgan fingerprint density at radius 2 is 2.14 bits per heavy atom. The number of hydrogen-bond acceptors (Lipinski definition) is 2. The number of ether oxygens (including phenoxy) is 1. The fraction of sp³-hybridized carbons (Fsp3) is 0.417. The van der Waals surface area contributed by atoms with Crippen LogP contribution in [0.4, 0.5) is 0 Å². The fourth-order valence-electron chi connectivity index (χ4n) is 1.09. The zero-order chi connectivity index (χ0) is 10.4. The summed E-state index contributed by atoms with van der Waals surface area (Å²) in [6.45, 7) is 4.23. The standard InChI is InChI=1S/C12H17NO/c1-4-10(2)13-9-11-7-5-6-8-12(11)14-3/h5-10H,4H2,1-3H3/t10-/m0/s1. The molecule has 1 rings (SSSR count). The Morgan fingerprint density at radius 1 is 1.43 bits per heavy atom. The molecule has 0 unspecified atom stereocenters. The van der Waals surface area contributed by atoms with E-state index in [0.717, 1.165) is 17.7 Å². The third-order valence-corrected chi connectivity index (χ3v) is 2.20. The maximum absolute atomic E-state index is 5.22. The highest BCUT2D eigenvalue weighted by atomic mass is 16.5. The number of benzene rings is 1. The van der Waals surface area contributed by atoms with E-state index in [1.165, 1.54) is 0 Å². The van der Waals surface area contributed by atoms with Crippen LogP contribution in [0.1, 0.15) is 25.8 Å². The number of rotatable bonds is 4. The van der Waals surface area contributed by atoms with Gasteiger partial charge in [0.05, 0.1) is 7.11 Å². The van der Waals surface area contributed by atoms with Crippen LogP contribution in [0.5, 0.6) is 5.75 Å². The van der Waals surface area contributed by atoms with E-state index < -0.39 is 0 Å². The van der Waals surface area contributed by atoms with Gasteiger partial charge in [0, 0.05) is 17.8 Å². The van der Waals surface area contributed by atoms with Gasteiger partial charge in [0.1, 0.15) is 5.75 Å². The molecule has 0 heterocycles. The van der Waals surface area contributed by atoms with E-state index in [4.69, 9.17) is 4.74 Å². The molecule has 76 valence electrons. The van der Waals surface area contributed by atoms with Gasteiger partial charge < -0.3 is 4.74 Å². The summed E-state index contributed by atoms with van der Waals surface area (Å²) in [4.78, 5) is 4.42. The van der Waals surface area contributed by atoms with Crippen molar-refractivity contribution in [2.45, 2.75) is 26.3 Å². The molecule has 1 aromatic carbocycles. The van der Waals surface area contributed by atoms with E-state index in [9.17, 15) is 0 Å². The molecule has 0 aromatic heterocycles. The van der Waals surface area contributed by atoms with Gasteiger partial charge in [-0.15, -0.1) is 0 Å². The molecule has 2 nitrogen and oxygen atoms in total. The van der Waals surface area contributed by atoms with Gasteiger partial charge in [0.2, 0.25) is 0 Å². The monoisotopic (exact) mass is 191 g/mol. The Balaban J connectivity index is 2.80. The lowest BCUT2D eigenvalue weighted by Crippen LogP contribution is -1.96. The van der Waals surface area contributed by atoms with Crippen molar-refractivity contribution in [1.82, 2.24) is 0 Å². The van der Waals surface area contributed by atoms with Crippen LogP contribution in [0.15, 0.2) is 29.3 Å². The zero-order valence-corrected chi connectivity index (χ0v) is 9.03. The molecular formula is C12H17NO. The largest absolute Gasteiger partial charge is 0.496 e. The molecule has 0 spiro atoms. The van der Waals surface area contributed by atoms with Crippen LogP contribution in [0.3, 0.4) is 0 Å². The third kappa shape index (κ3) is 2.87. The summed E-state index contributed by atoms with van der Waals surface area (Å²) in [5.41, 5.74) is 1.04. The minimum absolute atomic E-state index is 0.375. The van der Waals surface area contributed by atoms with Crippen LogP contribution in [0, 0.1) is 0 Å². The smallest absolute Gasteiger partial charge is 0.127 e. The van der Waals surface area contributed by atoms with Crippen molar-refractivity contribution < 1.29 is 4.74 Å². The number of methoxy groups -OCH3 is 1. The van der Waals surface area contributed by atoms with Gasteiger partial charge >= 0.3 is 0 Å². The number of hydrogen-bond donors (Lipinski definition) is 0. The number of aliphatic imine (C=N–C) groups is 1. The summed E-state index contributed by atoms with van der Waals surface area (Å²) >= 11 is 0. The van der Waals surface area contributed by atoms with Gasteiger partial charge in [0.15, 0.2) is 0 Å². The summed E-state index contributed by atoms with van der Waals surface area (Å²) in [6, 6.07) is 8.27. The molecule has 0 radical (unpaired) electrons. The molecule has 1 atom stereocenters. The van der Waals surface area contributed by atoms with Gasteiger partial charge in [-0.1, -0.05) is 19.1 Å². The van der Waals surface area contributed by atoms with Gasteiger partial charge in [0.25, 0.3) is 0 Å². The molecule has 0 bridgehead atoms. The Kier molecular flexibility index (Phi) is 4.17. The van der Waals surface area contributed by atoms with Crippen LogP contribution in [0.2, 0.25) is 0 Å². The molecule has 0 aliphatic heterocycles. The zero-order valence-electron chi connectivity index (χ0n) is 9.03. The minimum Gasteiger partial charge on any atom is -0.496 e. The quantitative estimate of drug-likeness (QED) is 0.670. The van der Waals surface area contributed by atoms with Crippen molar-refractivity contribution in [3.05, 3.63) is 29.8 Å². The maximum Gasteiger partial charge on any atom is 0.127 e. The molecule has 0 N–H and O–H groups in total. The summed E-state index contributed by atoms with van der Waals surface area (Å²) in [7, 11) is 1.68. The van der Waals surface area contributed by atoms with Crippen LogP contribution in [-0.2, 0) is 0 Å². The van der Waals surface area contributed by atoms with Crippen LogP contribution in [0.25, 0.3) is 0 Å². The molecule has 0 aliphatic rings. The maximum atomic E-state index is 5.22. The van der Waals surface area contributed by atoms with Gasteiger partial charge in [-0.25, -0.2) is 0 Å². The van der Waals surface area contributed by atoms with Crippen LogP contribution < -0.4 is 4.74 Å². The lowest BCUT2D eigenvalue weighted by atomic mass is 10.2. The molecule has 1 aromatic rings. The SMILES string of the molecule is CC[C@H](C)N=Cc1ccccc1OC. The van der Waals surface area contributed by atoms with E-state index in [1.807, 2.05) is 30.5 Å². The van der Waals surface area contributed by atoms with E-state index >= 15 is 0 Å². The summed E-state index contributed by atoms with van der Waals surface area (Å²) in [5.74, 6) is 0.875. The molecule has 0 saturated carbocycles. The molecule has 2 heteroatoms. The van der Waals surface area contributed by atoms with E-state index in [0.29, 0.717) is 6.04 Å².